The number of halogens is 1. The Balaban J connectivity index is 2.15. The van der Waals surface area contributed by atoms with Crippen LogP contribution in [0.4, 0.5) is 10.1 Å². The fourth-order valence-electron chi connectivity index (χ4n) is 3.01. The molecule has 2 N–H and O–H groups in total. The second kappa shape index (κ2) is 6.24. The van der Waals surface area contributed by atoms with Gasteiger partial charge in [-0.25, -0.2) is 4.39 Å². The van der Waals surface area contributed by atoms with Gasteiger partial charge < -0.3 is 10.4 Å². The van der Waals surface area contributed by atoms with Crippen molar-refractivity contribution in [2.45, 2.75) is 33.1 Å². The maximum atomic E-state index is 13.5. The number of carbonyl (C=O) groups is 2. The average molecular weight is 293 g/mol. The van der Waals surface area contributed by atoms with Gasteiger partial charge in [0.2, 0.25) is 5.91 Å². The number of hydrogen-bond donors (Lipinski definition) is 2. The average Bonchev–Trinajstić information content (AvgIpc) is 2.88. The zero-order chi connectivity index (χ0) is 15.6. The van der Waals surface area contributed by atoms with E-state index in [0.717, 1.165) is 6.42 Å². The van der Waals surface area contributed by atoms with Crippen LogP contribution in [0.25, 0.3) is 0 Å². The van der Waals surface area contributed by atoms with Crippen LogP contribution in [0.1, 0.15) is 31.7 Å². The van der Waals surface area contributed by atoms with E-state index in [-0.39, 0.29) is 17.6 Å². The van der Waals surface area contributed by atoms with Crippen LogP contribution in [0.15, 0.2) is 18.2 Å². The number of rotatable bonds is 4. The van der Waals surface area contributed by atoms with Crippen LogP contribution >= 0.6 is 0 Å². The Hall–Kier alpha value is -1.91. The molecule has 0 radical (unpaired) electrons. The highest BCUT2D eigenvalue weighted by atomic mass is 19.1. The van der Waals surface area contributed by atoms with Crippen molar-refractivity contribution in [2.24, 2.45) is 17.8 Å². The first-order chi connectivity index (χ1) is 9.93. The summed E-state index contributed by atoms with van der Waals surface area (Å²) in [6, 6.07) is 4.47. The maximum Gasteiger partial charge on any atom is 0.307 e. The Morgan fingerprint density at radius 1 is 1.33 bits per heavy atom. The largest absolute Gasteiger partial charge is 0.481 e. The fraction of sp³-hybridized carbons (Fsp3) is 0.500. The lowest BCUT2D eigenvalue weighted by Gasteiger charge is -2.16. The number of anilines is 1. The van der Waals surface area contributed by atoms with Crippen LogP contribution in [0.3, 0.4) is 0 Å². The lowest BCUT2D eigenvalue weighted by Crippen LogP contribution is -2.30. The van der Waals surface area contributed by atoms with Crippen LogP contribution in [-0.4, -0.2) is 17.0 Å². The van der Waals surface area contributed by atoms with Gasteiger partial charge in [-0.1, -0.05) is 19.4 Å². The minimum atomic E-state index is -0.929. The molecule has 0 saturated heterocycles. The van der Waals surface area contributed by atoms with Crippen LogP contribution in [-0.2, 0) is 9.59 Å². The number of carbonyl (C=O) groups excluding carboxylic acids is 1. The highest BCUT2D eigenvalue weighted by molar-refractivity contribution is 5.96. The van der Waals surface area contributed by atoms with Crippen LogP contribution in [0.5, 0.6) is 0 Å². The monoisotopic (exact) mass is 293 g/mol. The van der Waals surface area contributed by atoms with Gasteiger partial charge in [-0.15, -0.1) is 0 Å². The molecule has 1 saturated carbocycles. The molecule has 4 nitrogen and oxygen atoms in total. The number of carboxylic acid groups (broad SMARTS) is 1. The minimum absolute atomic E-state index is 0.260. The Morgan fingerprint density at radius 2 is 2.00 bits per heavy atom. The van der Waals surface area contributed by atoms with Crippen molar-refractivity contribution in [2.75, 3.05) is 5.32 Å². The van der Waals surface area contributed by atoms with Crippen molar-refractivity contribution in [1.82, 2.24) is 0 Å². The van der Waals surface area contributed by atoms with Crippen LogP contribution < -0.4 is 5.32 Å². The van der Waals surface area contributed by atoms with E-state index in [2.05, 4.69) is 5.32 Å². The molecule has 1 aliphatic rings. The van der Waals surface area contributed by atoms with Crippen molar-refractivity contribution in [3.63, 3.8) is 0 Å². The Labute approximate surface area is 123 Å². The summed E-state index contributed by atoms with van der Waals surface area (Å²) in [5, 5.41) is 12.0. The van der Waals surface area contributed by atoms with E-state index in [4.69, 9.17) is 0 Å². The summed E-state index contributed by atoms with van der Waals surface area (Å²) in [5.41, 5.74) is 0.770. The van der Waals surface area contributed by atoms with E-state index in [1.54, 1.807) is 13.0 Å². The first-order valence-corrected chi connectivity index (χ1v) is 7.22. The zero-order valence-electron chi connectivity index (χ0n) is 12.2. The first-order valence-electron chi connectivity index (χ1n) is 7.22. The number of aliphatic carboxylic acids is 1. The summed E-state index contributed by atoms with van der Waals surface area (Å²) in [6.45, 7) is 3.59. The molecule has 1 aromatic carbocycles. The summed E-state index contributed by atoms with van der Waals surface area (Å²) >= 11 is 0. The molecular weight excluding hydrogens is 273 g/mol. The molecule has 0 spiro atoms. The lowest BCUT2D eigenvalue weighted by atomic mass is 9.95. The van der Waals surface area contributed by atoms with E-state index < -0.39 is 17.8 Å². The molecule has 2 rings (SSSR count). The predicted octanol–water partition coefficient (Wildman–Crippen LogP) is 3.21. The Bertz CT molecular complexity index is 558. The molecule has 0 aliphatic heterocycles. The van der Waals surface area contributed by atoms with Crippen molar-refractivity contribution in [1.29, 1.82) is 0 Å². The van der Waals surface area contributed by atoms with Crippen LogP contribution in [0.2, 0.25) is 0 Å². The van der Waals surface area contributed by atoms with Crippen LogP contribution in [0, 0.1) is 30.5 Å². The molecule has 1 aliphatic carbocycles. The van der Waals surface area contributed by atoms with Gasteiger partial charge in [0.25, 0.3) is 0 Å². The predicted molar refractivity (Wildman–Crippen MR) is 77.4 cm³/mol. The number of hydrogen-bond acceptors (Lipinski definition) is 2. The number of carboxylic acids is 1. The van der Waals surface area contributed by atoms with E-state index in [1.165, 1.54) is 12.1 Å². The second-order valence-electron chi connectivity index (χ2n) is 5.70. The number of nitrogens with one attached hydrogen (secondary N) is 1. The fourth-order valence-corrected chi connectivity index (χ4v) is 3.01. The summed E-state index contributed by atoms with van der Waals surface area (Å²) in [5.74, 6) is -2.58. The topological polar surface area (TPSA) is 66.4 Å². The molecule has 3 atom stereocenters. The molecule has 0 bridgehead atoms. The van der Waals surface area contributed by atoms with Gasteiger partial charge >= 0.3 is 5.97 Å². The summed E-state index contributed by atoms with van der Waals surface area (Å²) in [4.78, 5) is 23.7. The van der Waals surface area contributed by atoms with E-state index in [9.17, 15) is 19.1 Å². The molecule has 0 aromatic heterocycles. The van der Waals surface area contributed by atoms with Gasteiger partial charge in [-0.3, -0.25) is 9.59 Å². The van der Waals surface area contributed by atoms with Crippen molar-refractivity contribution in [3.05, 3.63) is 29.6 Å². The molecule has 1 fully saturated rings. The maximum absolute atomic E-state index is 13.5. The second-order valence-corrected chi connectivity index (χ2v) is 5.70. The van der Waals surface area contributed by atoms with Gasteiger partial charge in [0.1, 0.15) is 5.82 Å². The van der Waals surface area contributed by atoms with E-state index >= 15 is 0 Å². The van der Waals surface area contributed by atoms with Gasteiger partial charge in [-0.2, -0.15) is 0 Å². The molecule has 0 heterocycles. The third-order valence-electron chi connectivity index (χ3n) is 4.42. The Morgan fingerprint density at radius 3 is 2.62 bits per heavy atom. The standard InChI is InChI=1S/C16H20FNO3/c1-3-10-7-11(12(8-10)16(20)21)15(19)18-14-6-4-5-13(17)9(14)2/h4-6,10-12H,3,7-8H2,1-2H3,(H,18,19)(H,20,21)/t10?,11-,12+/m0/s1. The lowest BCUT2D eigenvalue weighted by molar-refractivity contribution is -0.145. The molecule has 5 heteroatoms. The Kier molecular flexibility index (Phi) is 4.60. The van der Waals surface area contributed by atoms with Gasteiger partial charge in [0, 0.05) is 11.3 Å². The smallest absolute Gasteiger partial charge is 0.307 e. The molecule has 1 aromatic rings. The third-order valence-corrected chi connectivity index (χ3v) is 4.42. The third kappa shape index (κ3) is 3.23. The molecule has 114 valence electrons. The highest BCUT2D eigenvalue weighted by Gasteiger charge is 2.42. The summed E-state index contributed by atoms with van der Waals surface area (Å²) in [7, 11) is 0. The summed E-state index contributed by atoms with van der Waals surface area (Å²) < 4.78 is 13.5. The normalized spacial score (nSPS) is 24.8. The molecule has 1 amide bonds. The molecule has 21 heavy (non-hydrogen) atoms. The van der Waals surface area contributed by atoms with Gasteiger partial charge in [0.15, 0.2) is 0 Å². The van der Waals surface area contributed by atoms with Crippen molar-refractivity contribution >= 4 is 17.6 Å². The number of benzene rings is 1. The number of amides is 1. The first kappa shape index (κ1) is 15.5. The molecular formula is C16H20FNO3. The van der Waals surface area contributed by atoms with Gasteiger partial charge in [0.05, 0.1) is 11.8 Å². The highest BCUT2D eigenvalue weighted by Crippen LogP contribution is 2.39. The van der Waals surface area contributed by atoms with E-state index in [1.807, 2.05) is 6.92 Å². The van der Waals surface area contributed by atoms with Crippen molar-refractivity contribution in [3.8, 4) is 0 Å². The van der Waals surface area contributed by atoms with Gasteiger partial charge in [-0.05, 0) is 37.8 Å². The summed E-state index contributed by atoms with van der Waals surface area (Å²) in [6.07, 6.45) is 1.98. The quantitative estimate of drug-likeness (QED) is 0.895. The zero-order valence-corrected chi connectivity index (χ0v) is 12.2. The van der Waals surface area contributed by atoms with Crippen molar-refractivity contribution < 1.29 is 19.1 Å². The molecule has 1 unspecified atom stereocenters. The van der Waals surface area contributed by atoms with E-state index in [0.29, 0.717) is 24.1 Å². The SMILES string of the molecule is CCC1C[C@H](C(=O)Nc2cccc(F)c2C)[C@H](C(=O)O)C1. The minimum Gasteiger partial charge on any atom is -0.481 e.